The number of carbonyl (C=O) groups excluding carboxylic acids is 2. The highest BCUT2D eigenvalue weighted by Gasteiger charge is 2.22. The van der Waals surface area contributed by atoms with E-state index in [4.69, 9.17) is 28.9 Å². The normalized spacial score (nSPS) is 11.9. The van der Waals surface area contributed by atoms with E-state index in [2.05, 4.69) is 5.32 Å². The van der Waals surface area contributed by atoms with Crippen LogP contribution in [-0.4, -0.2) is 35.8 Å². The van der Waals surface area contributed by atoms with Crippen molar-refractivity contribution in [3.05, 3.63) is 27.7 Å². The third kappa shape index (κ3) is 4.25. The molecule has 0 spiro atoms. The first-order valence-electron chi connectivity index (χ1n) is 6.65. The van der Waals surface area contributed by atoms with E-state index >= 15 is 0 Å². The highest BCUT2D eigenvalue weighted by atomic mass is 35.5. The number of halogens is 2. The summed E-state index contributed by atoms with van der Waals surface area (Å²) in [5.41, 5.74) is 6.13. The molecule has 1 aromatic rings. The number of nitrogens with one attached hydrogen (secondary N) is 1. The van der Waals surface area contributed by atoms with Gasteiger partial charge >= 0.3 is 0 Å². The van der Waals surface area contributed by atoms with Crippen LogP contribution in [0.2, 0.25) is 10.0 Å². The molecule has 0 bridgehead atoms. The van der Waals surface area contributed by atoms with Crippen molar-refractivity contribution in [2.75, 3.05) is 18.8 Å². The minimum atomic E-state index is -0.659. The Bertz CT molecular complexity index is 545. The van der Waals surface area contributed by atoms with Crippen LogP contribution in [0.5, 0.6) is 0 Å². The summed E-state index contributed by atoms with van der Waals surface area (Å²) in [6.45, 7) is 6.55. The summed E-state index contributed by atoms with van der Waals surface area (Å²) >= 11 is 11.9. The number of hydrogen-bond donors (Lipinski definition) is 2. The summed E-state index contributed by atoms with van der Waals surface area (Å²) in [7, 11) is 0. The number of benzene rings is 1. The number of hydrogen-bond acceptors (Lipinski definition) is 3. The van der Waals surface area contributed by atoms with E-state index in [1.54, 1.807) is 11.8 Å². The van der Waals surface area contributed by atoms with Crippen molar-refractivity contribution in [1.29, 1.82) is 0 Å². The standard InChI is InChI=1S/C14H19Cl2N3O2/c1-4-19(5-2)14(21)8(3)18-13(20)10-6-9(17)7-11(15)12(10)16/h6-8H,4-5,17H2,1-3H3,(H,18,20). The zero-order chi connectivity index (χ0) is 16.2. The van der Waals surface area contributed by atoms with Crippen LogP contribution >= 0.6 is 23.2 Å². The summed E-state index contributed by atoms with van der Waals surface area (Å²) < 4.78 is 0. The average Bonchev–Trinajstić information content (AvgIpc) is 2.43. The Morgan fingerprint density at radius 3 is 2.38 bits per heavy atom. The zero-order valence-corrected chi connectivity index (χ0v) is 13.8. The highest BCUT2D eigenvalue weighted by Crippen LogP contribution is 2.28. The molecule has 3 N–H and O–H groups in total. The van der Waals surface area contributed by atoms with Crippen LogP contribution in [0, 0.1) is 0 Å². The fourth-order valence-corrected chi connectivity index (χ4v) is 2.34. The topological polar surface area (TPSA) is 75.4 Å². The Labute approximate surface area is 134 Å². The monoisotopic (exact) mass is 331 g/mol. The molecule has 1 unspecified atom stereocenters. The Balaban J connectivity index is 2.89. The number of carbonyl (C=O) groups is 2. The molecule has 116 valence electrons. The fraction of sp³-hybridized carbons (Fsp3) is 0.429. The van der Waals surface area contributed by atoms with Crippen LogP contribution < -0.4 is 11.1 Å². The summed E-state index contributed by atoms with van der Waals surface area (Å²) in [6.07, 6.45) is 0. The quantitative estimate of drug-likeness (QED) is 0.814. The predicted octanol–water partition coefficient (Wildman–Crippen LogP) is 2.56. The van der Waals surface area contributed by atoms with E-state index in [9.17, 15) is 9.59 Å². The molecule has 0 aliphatic heterocycles. The van der Waals surface area contributed by atoms with Crippen molar-refractivity contribution in [1.82, 2.24) is 10.2 Å². The minimum absolute atomic E-state index is 0.117. The van der Waals surface area contributed by atoms with Gasteiger partial charge in [-0.1, -0.05) is 23.2 Å². The molecule has 0 aliphatic rings. The smallest absolute Gasteiger partial charge is 0.253 e. The second kappa shape index (κ2) is 7.52. The lowest BCUT2D eigenvalue weighted by molar-refractivity contribution is -0.132. The average molecular weight is 332 g/mol. The van der Waals surface area contributed by atoms with Crippen molar-refractivity contribution in [2.45, 2.75) is 26.8 Å². The summed E-state index contributed by atoms with van der Waals surface area (Å²) in [5.74, 6) is -0.637. The third-order valence-electron chi connectivity index (χ3n) is 3.09. The predicted molar refractivity (Wildman–Crippen MR) is 85.7 cm³/mol. The Kier molecular flexibility index (Phi) is 6.30. The first-order valence-corrected chi connectivity index (χ1v) is 7.41. The third-order valence-corrected chi connectivity index (χ3v) is 3.89. The number of nitrogens with zero attached hydrogens (tertiary/aromatic N) is 1. The number of amides is 2. The van der Waals surface area contributed by atoms with Crippen molar-refractivity contribution in [3.63, 3.8) is 0 Å². The first-order chi connectivity index (χ1) is 9.81. The van der Waals surface area contributed by atoms with Gasteiger partial charge < -0.3 is 16.0 Å². The van der Waals surface area contributed by atoms with E-state index < -0.39 is 11.9 Å². The summed E-state index contributed by atoms with van der Waals surface area (Å²) in [6, 6.07) is 2.23. The molecule has 0 radical (unpaired) electrons. The van der Waals surface area contributed by atoms with Gasteiger partial charge in [0.2, 0.25) is 5.91 Å². The van der Waals surface area contributed by atoms with Crippen LogP contribution in [0.15, 0.2) is 12.1 Å². The SMILES string of the molecule is CCN(CC)C(=O)C(C)NC(=O)c1cc(N)cc(Cl)c1Cl. The van der Waals surface area contributed by atoms with E-state index in [0.29, 0.717) is 18.8 Å². The Morgan fingerprint density at radius 1 is 1.29 bits per heavy atom. The molecule has 1 atom stereocenters. The molecule has 0 saturated carbocycles. The Morgan fingerprint density at radius 2 is 1.86 bits per heavy atom. The van der Waals surface area contributed by atoms with Crippen LogP contribution in [0.4, 0.5) is 5.69 Å². The van der Waals surface area contributed by atoms with E-state index in [1.807, 2.05) is 13.8 Å². The molecular formula is C14H19Cl2N3O2. The van der Waals surface area contributed by atoms with Crippen LogP contribution in [-0.2, 0) is 4.79 Å². The molecule has 0 fully saturated rings. The van der Waals surface area contributed by atoms with Gasteiger partial charge in [-0.3, -0.25) is 9.59 Å². The van der Waals surface area contributed by atoms with Gasteiger partial charge in [-0.2, -0.15) is 0 Å². The van der Waals surface area contributed by atoms with Crippen molar-refractivity contribution >= 4 is 40.7 Å². The molecular weight excluding hydrogens is 313 g/mol. The molecule has 0 saturated heterocycles. The lowest BCUT2D eigenvalue weighted by Gasteiger charge is -2.23. The van der Waals surface area contributed by atoms with Gasteiger partial charge in [0.15, 0.2) is 0 Å². The minimum Gasteiger partial charge on any atom is -0.399 e. The molecule has 7 heteroatoms. The fourth-order valence-electron chi connectivity index (χ4n) is 1.92. The molecule has 1 aromatic carbocycles. The number of likely N-dealkylation sites (N-methyl/N-ethyl adjacent to an activating group) is 1. The summed E-state index contributed by atoms with van der Waals surface area (Å²) in [4.78, 5) is 26.0. The first kappa shape index (κ1) is 17.6. The van der Waals surface area contributed by atoms with E-state index in [-0.39, 0.29) is 21.5 Å². The lowest BCUT2D eigenvalue weighted by Crippen LogP contribution is -2.46. The van der Waals surface area contributed by atoms with Crippen LogP contribution in [0.1, 0.15) is 31.1 Å². The molecule has 21 heavy (non-hydrogen) atoms. The number of rotatable bonds is 5. The second-order valence-corrected chi connectivity index (χ2v) is 5.36. The van der Waals surface area contributed by atoms with Crippen molar-refractivity contribution in [3.8, 4) is 0 Å². The van der Waals surface area contributed by atoms with E-state index in [0.717, 1.165) is 0 Å². The molecule has 0 aromatic heterocycles. The molecule has 0 aliphatic carbocycles. The van der Waals surface area contributed by atoms with Gasteiger partial charge in [0.25, 0.3) is 5.91 Å². The number of anilines is 1. The highest BCUT2D eigenvalue weighted by molar-refractivity contribution is 6.44. The molecule has 0 heterocycles. The molecule has 2 amide bonds. The molecule has 5 nitrogen and oxygen atoms in total. The van der Waals surface area contributed by atoms with Gasteiger partial charge in [0.05, 0.1) is 15.6 Å². The second-order valence-electron chi connectivity index (χ2n) is 4.57. The summed E-state index contributed by atoms with van der Waals surface area (Å²) in [5, 5.41) is 2.93. The number of nitrogen functional groups attached to an aromatic ring is 1. The lowest BCUT2D eigenvalue weighted by atomic mass is 10.1. The maximum atomic E-state index is 12.2. The van der Waals surface area contributed by atoms with Crippen molar-refractivity contribution in [2.24, 2.45) is 0 Å². The Hall–Kier alpha value is -1.46. The molecule has 1 rings (SSSR count). The van der Waals surface area contributed by atoms with Gasteiger partial charge in [-0.05, 0) is 32.9 Å². The maximum Gasteiger partial charge on any atom is 0.253 e. The van der Waals surface area contributed by atoms with Crippen molar-refractivity contribution < 1.29 is 9.59 Å². The van der Waals surface area contributed by atoms with Gasteiger partial charge in [0, 0.05) is 18.8 Å². The van der Waals surface area contributed by atoms with Gasteiger partial charge in [-0.15, -0.1) is 0 Å². The maximum absolute atomic E-state index is 12.2. The van der Waals surface area contributed by atoms with Gasteiger partial charge in [-0.25, -0.2) is 0 Å². The zero-order valence-electron chi connectivity index (χ0n) is 12.2. The van der Waals surface area contributed by atoms with Crippen LogP contribution in [0.25, 0.3) is 0 Å². The van der Waals surface area contributed by atoms with Gasteiger partial charge in [0.1, 0.15) is 6.04 Å². The largest absolute Gasteiger partial charge is 0.399 e. The van der Waals surface area contributed by atoms with Crippen LogP contribution in [0.3, 0.4) is 0 Å². The number of nitrogens with two attached hydrogens (primary N) is 1. The van der Waals surface area contributed by atoms with E-state index in [1.165, 1.54) is 12.1 Å².